The van der Waals surface area contributed by atoms with Gasteiger partial charge in [0.15, 0.2) is 0 Å². The highest BCUT2D eigenvalue weighted by Crippen LogP contribution is 2.39. The first kappa shape index (κ1) is 23.1. The Morgan fingerprint density at radius 2 is 1.73 bits per heavy atom. The minimum atomic E-state index is -0.499. The van der Waals surface area contributed by atoms with E-state index in [1.165, 1.54) is 19.3 Å². The van der Waals surface area contributed by atoms with Crippen LogP contribution in [0.2, 0.25) is 0 Å². The summed E-state index contributed by atoms with van der Waals surface area (Å²) in [4.78, 5) is 15.8. The van der Waals surface area contributed by atoms with Crippen LogP contribution < -0.4 is 5.63 Å². The molecular formula is C27H33N3O3. The summed E-state index contributed by atoms with van der Waals surface area (Å²) in [5, 5.41) is 18.4. The van der Waals surface area contributed by atoms with Crippen LogP contribution in [0.25, 0.3) is 11.0 Å². The first-order valence-corrected chi connectivity index (χ1v) is 11.7. The number of nitrogens with zero attached hydrogens (tertiary/aromatic N) is 3. The van der Waals surface area contributed by atoms with Crippen molar-refractivity contribution in [3.63, 3.8) is 0 Å². The lowest BCUT2D eigenvalue weighted by atomic mass is 9.78. The van der Waals surface area contributed by atoms with Gasteiger partial charge in [-0.1, -0.05) is 48.9 Å². The lowest BCUT2D eigenvalue weighted by Crippen LogP contribution is -2.40. The second-order valence-corrected chi connectivity index (χ2v) is 9.09. The van der Waals surface area contributed by atoms with Crippen molar-refractivity contribution in [3.05, 3.63) is 76.1 Å². The topological polar surface area (TPSA) is 69.3 Å². The molecule has 2 atom stereocenters. The lowest BCUT2D eigenvalue weighted by Gasteiger charge is -2.35. The molecule has 0 aliphatic carbocycles. The third-order valence-corrected chi connectivity index (χ3v) is 6.49. The van der Waals surface area contributed by atoms with Gasteiger partial charge in [0.25, 0.3) is 0 Å². The Hall–Kier alpha value is -3.12. The molecular weight excluding hydrogens is 414 g/mol. The fraction of sp³-hybridized carbons (Fsp3) is 0.407. The van der Waals surface area contributed by atoms with E-state index in [0.717, 1.165) is 30.9 Å². The van der Waals surface area contributed by atoms with Crippen molar-refractivity contribution in [3.8, 4) is 5.75 Å². The molecule has 174 valence electrons. The standard InChI is InChI=1S/C27H33N3O3/c1-19(28-29(2)3)22(18-30-16-10-5-11-17-30)24(20-12-6-4-7-13-20)25-26(31)21-14-8-9-15-23(21)33-27(25)32/h4,6-9,12-15,22,24,31H,5,10-11,16-18H2,1-3H3/b28-19+/t22-,24-/m1/s1. The summed E-state index contributed by atoms with van der Waals surface area (Å²) in [6.45, 7) is 4.84. The normalized spacial score (nSPS) is 17.1. The van der Waals surface area contributed by atoms with Crippen LogP contribution in [0, 0.1) is 5.92 Å². The third-order valence-electron chi connectivity index (χ3n) is 6.49. The van der Waals surface area contributed by atoms with Crippen molar-refractivity contribution in [1.82, 2.24) is 9.91 Å². The minimum absolute atomic E-state index is 0.00278. The summed E-state index contributed by atoms with van der Waals surface area (Å²) in [7, 11) is 3.81. The Bertz CT molecular complexity index is 1160. The van der Waals surface area contributed by atoms with Gasteiger partial charge in [-0.3, -0.25) is 0 Å². The minimum Gasteiger partial charge on any atom is -0.507 e. The maximum atomic E-state index is 13.3. The van der Waals surface area contributed by atoms with E-state index < -0.39 is 11.5 Å². The van der Waals surface area contributed by atoms with Crippen LogP contribution in [0.5, 0.6) is 5.75 Å². The SMILES string of the molecule is C/C(=N\N(C)C)[C@@H](CN1CCCCC1)[C@@H](c1ccccc1)c1c(O)c2ccccc2oc1=O. The molecule has 0 unspecified atom stereocenters. The van der Waals surface area contributed by atoms with Gasteiger partial charge in [-0.25, -0.2) is 4.79 Å². The number of hydrogen-bond donors (Lipinski definition) is 1. The average Bonchev–Trinajstić information content (AvgIpc) is 2.81. The van der Waals surface area contributed by atoms with E-state index in [0.29, 0.717) is 16.5 Å². The van der Waals surface area contributed by atoms with Gasteiger partial charge >= 0.3 is 5.63 Å². The van der Waals surface area contributed by atoms with Gasteiger partial charge in [-0.15, -0.1) is 0 Å². The summed E-state index contributed by atoms with van der Waals surface area (Å²) in [6.07, 6.45) is 3.61. The number of piperidine rings is 1. The number of hydrogen-bond acceptors (Lipinski definition) is 6. The van der Waals surface area contributed by atoms with Crippen LogP contribution in [-0.4, -0.2) is 54.5 Å². The quantitative estimate of drug-likeness (QED) is 0.324. The van der Waals surface area contributed by atoms with E-state index in [1.807, 2.05) is 57.4 Å². The Balaban J connectivity index is 1.91. The van der Waals surface area contributed by atoms with Gasteiger partial charge in [0.1, 0.15) is 11.3 Å². The molecule has 0 bridgehead atoms. The fourth-order valence-electron chi connectivity index (χ4n) is 4.97. The van der Waals surface area contributed by atoms with Crippen molar-refractivity contribution in [2.24, 2.45) is 11.0 Å². The van der Waals surface area contributed by atoms with Gasteiger partial charge in [0.05, 0.1) is 10.9 Å². The summed E-state index contributed by atoms with van der Waals surface area (Å²) >= 11 is 0. The van der Waals surface area contributed by atoms with Gasteiger partial charge in [0.2, 0.25) is 0 Å². The zero-order chi connectivity index (χ0) is 23.4. The largest absolute Gasteiger partial charge is 0.507 e. The molecule has 0 saturated carbocycles. The summed E-state index contributed by atoms with van der Waals surface area (Å²) < 4.78 is 5.70. The molecule has 4 rings (SSSR count). The number of fused-ring (bicyclic) bond motifs is 1. The van der Waals surface area contributed by atoms with Gasteiger partial charge < -0.3 is 19.4 Å². The highest BCUT2D eigenvalue weighted by atomic mass is 16.4. The van der Waals surface area contributed by atoms with E-state index in [2.05, 4.69) is 4.90 Å². The Morgan fingerprint density at radius 3 is 2.42 bits per heavy atom. The number of rotatable bonds is 7. The molecule has 6 heteroatoms. The van der Waals surface area contributed by atoms with Crippen LogP contribution in [0.3, 0.4) is 0 Å². The molecule has 0 spiro atoms. The van der Waals surface area contributed by atoms with E-state index in [9.17, 15) is 9.90 Å². The molecule has 1 aliphatic rings. The van der Waals surface area contributed by atoms with Crippen molar-refractivity contribution in [2.45, 2.75) is 32.1 Å². The van der Waals surface area contributed by atoms with Crippen molar-refractivity contribution in [2.75, 3.05) is 33.7 Å². The van der Waals surface area contributed by atoms with E-state index in [4.69, 9.17) is 9.52 Å². The zero-order valence-electron chi connectivity index (χ0n) is 19.7. The van der Waals surface area contributed by atoms with E-state index in [-0.39, 0.29) is 11.7 Å². The molecule has 6 nitrogen and oxygen atoms in total. The highest BCUT2D eigenvalue weighted by Gasteiger charge is 2.35. The van der Waals surface area contributed by atoms with Crippen molar-refractivity contribution < 1.29 is 9.52 Å². The number of para-hydroxylation sites is 1. The maximum absolute atomic E-state index is 13.3. The molecule has 3 aromatic rings. The predicted octanol–water partition coefficient (Wildman–Crippen LogP) is 4.67. The van der Waals surface area contributed by atoms with Crippen molar-refractivity contribution in [1.29, 1.82) is 0 Å². The lowest BCUT2D eigenvalue weighted by molar-refractivity contribution is 0.206. The van der Waals surface area contributed by atoms with Gasteiger partial charge in [0, 0.05) is 38.2 Å². The fourth-order valence-corrected chi connectivity index (χ4v) is 4.97. The zero-order valence-corrected chi connectivity index (χ0v) is 19.7. The smallest absolute Gasteiger partial charge is 0.343 e. The molecule has 1 aromatic heterocycles. The third kappa shape index (κ3) is 5.11. The van der Waals surface area contributed by atoms with Crippen LogP contribution in [-0.2, 0) is 0 Å². The number of benzene rings is 2. The molecule has 33 heavy (non-hydrogen) atoms. The summed E-state index contributed by atoms with van der Waals surface area (Å²) in [6, 6.07) is 17.1. The van der Waals surface area contributed by atoms with Crippen molar-refractivity contribution >= 4 is 16.7 Å². The monoisotopic (exact) mass is 447 g/mol. The van der Waals surface area contributed by atoms with Crippen LogP contribution in [0.15, 0.2) is 68.9 Å². The van der Waals surface area contributed by atoms with Gasteiger partial charge in [-0.05, 0) is 50.6 Å². The highest BCUT2D eigenvalue weighted by molar-refractivity contribution is 5.88. The first-order chi connectivity index (χ1) is 16.0. The van der Waals surface area contributed by atoms with E-state index >= 15 is 0 Å². The second-order valence-electron chi connectivity index (χ2n) is 9.09. The molecule has 1 N–H and O–H groups in total. The first-order valence-electron chi connectivity index (χ1n) is 11.7. The molecule has 2 heterocycles. The molecule has 2 aromatic carbocycles. The Kier molecular flexibility index (Phi) is 7.14. The maximum Gasteiger partial charge on any atom is 0.343 e. The van der Waals surface area contributed by atoms with Gasteiger partial charge in [-0.2, -0.15) is 5.10 Å². The molecule has 0 amide bonds. The average molecular weight is 448 g/mol. The summed E-state index contributed by atoms with van der Waals surface area (Å²) in [5.74, 6) is -0.502. The van der Waals surface area contributed by atoms with Crippen LogP contribution in [0.4, 0.5) is 0 Å². The Labute approximate surface area is 195 Å². The van der Waals surface area contributed by atoms with Crippen LogP contribution >= 0.6 is 0 Å². The second kappa shape index (κ2) is 10.2. The number of likely N-dealkylation sites (tertiary alicyclic amines) is 1. The van der Waals surface area contributed by atoms with Crippen LogP contribution in [0.1, 0.15) is 43.2 Å². The Morgan fingerprint density at radius 1 is 1.06 bits per heavy atom. The molecule has 1 fully saturated rings. The van der Waals surface area contributed by atoms with E-state index in [1.54, 1.807) is 23.2 Å². The predicted molar refractivity (Wildman–Crippen MR) is 133 cm³/mol. The molecule has 1 aliphatic heterocycles. The number of aromatic hydroxyl groups is 1. The molecule has 1 saturated heterocycles. The number of hydrazone groups is 1. The molecule has 0 radical (unpaired) electrons. The summed E-state index contributed by atoms with van der Waals surface area (Å²) in [5.41, 5.74) is 2.08.